The van der Waals surface area contributed by atoms with E-state index in [9.17, 15) is 0 Å². The Morgan fingerprint density at radius 3 is 0.846 bits per heavy atom. The highest BCUT2D eigenvalue weighted by Crippen LogP contribution is 2.15. The first-order chi connectivity index (χ1) is 24.7. The van der Waals surface area contributed by atoms with E-state index >= 15 is 0 Å². The molecule has 0 spiro atoms. The molecule has 0 aliphatic carbocycles. The van der Waals surface area contributed by atoms with Gasteiger partial charge in [-0.3, -0.25) is 9.97 Å². The lowest BCUT2D eigenvalue weighted by Crippen LogP contribution is -3.00. The maximum Gasteiger partial charge on any atom is 0.168 e. The van der Waals surface area contributed by atoms with Crippen LogP contribution in [0.2, 0.25) is 0 Å². The van der Waals surface area contributed by atoms with Crippen molar-refractivity contribution < 1.29 is 57.1 Å². The number of pyridine rings is 4. The second-order valence-electron chi connectivity index (χ2n) is 14.5. The summed E-state index contributed by atoms with van der Waals surface area (Å²) in [7, 11) is 4.15. The molecule has 0 unspecified atom stereocenters. The van der Waals surface area contributed by atoms with Crippen LogP contribution in [0, 0.1) is 0 Å². The van der Waals surface area contributed by atoms with Gasteiger partial charge in [-0.25, -0.2) is 9.13 Å². The topological polar surface area (TPSA) is 33.5 Å². The average Bonchev–Trinajstić information content (AvgIpc) is 3.15. The Morgan fingerprint density at radius 1 is 0.346 bits per heavy atom. The molecule has 288 valence electrons. The van der Waals surface area contributed by atoms with Gasteiger partial charge in [0.05, 0.1) is 0 Å². The highest BCUT2D eigenvalue weighted by atomic mass is 127. The molecule has 4 rings (SSSR count). The lowest BCUT2D eigenvalue weighted by Gasteiger charge is -2.03. The smallest absolute Gasteiger partial charge is 0.168 e. The number of aromatic nitrogens is 4. The molecule has 4 heterocycles. The predicted octanol–water partition coefficient (Wildman–Crippen LogP) is 5.19. The van der Waals surface area contributed by atoms with Gasteiger partial charge in [-0.1, -0.05) is 115 Å². The molecule has 4 aromatic rings. The Balaban J connectivity index is 0.000000502. The summed E-state index contributed by atoms with van der Waals surface area (Å²) in [6.45, 7) is 0. The van der Waals surface area contributed by atoms with Gasteiger partial charge in [0.15, 0.2) is 24.8 Å². The Labute approximate surface area is 353 Å². The molecule has 52 heavy (non-hydrogen) atoms. The van der Waals surface area contributed by atoms with Crippen LogP contribution in [-0.2, 0) is 39.8 Å². The molecule has 0 aliphatic rings. The van der Waals surface area contributed by atoms with Crippen LogP contribution in [0.25, 0.3) is 0 Å². The normalized spacial score (nSPS) is 10.5. The van der Waals surface area contributed by atoms with Gasteiger partial charge in [-0.2, -0.15) is 0 Å². The Hall–Kier alpha value is -1.94. The maximum absolute atomic E-state index is 4.17. The largest absolute Gasteiger partial charge is 1.00 e. The third-order valence-corrected chi connectivity index (χ3v) is 9.90. The summed E-state index contributed by atoms with van der Waals surface area (Å²) in [5.41, 5.74) is 5.72. The highest BCUT2D eigenvalue weighted by Gasteiger charge is 2.00. The minimum atomic E-state index is 0. The van der Waals surface area contributed by atoms with Crippen molar-refractivity contribution in [3.05, 3.63) is 120 Å². The van der Waals surface area contributed by atoms with Crippen LogP contribution in [0.15, 0.2) is 98.1 Å². The monoisotopic (exact) mass is 932 g/mol. The number of halogens is 2. The van der Waals surface area contributed by atoms with Crippen molar-refractivity contribution in [3.8, 4) is 0 Å². The van der Waals surface area contributed by atoms with Crippen molar-refractivity contribution in [3.63, 3.8) is 0 Å². The molecule has 0 N–H and O–H groups in total. The van der Waals surface area contributed by atoms with E-state index in [-0.39, 0.29) is 48.0 Å². The number of hydrogen-bond donors (Lipinski definition) is 0. The number of unbranched alkanes of at least 4 members (excludes halogenated alkanes) is 18. The van der Waals surface area contributed by atoms with Gasteiger partial charge in [0.25, 0.3) is 0 Å². The molecule has 0 bridgehead atoms. The Morgan fingerprint density at radius 2 is 0.596 bits per heavy atom. The van der Waals surface area contributed by atoms with Crippen molar-refractivity contribution >= 4 is 0 Å². The van der Waals surface area contributed by atoms with Gasteiger partial charge in [-0.15, -0.1) is 0 Å². The van der Waals surface area contributed by atoms with Crippen molar-refractivity contribution in [1.29, 1.82) is 0 Å². The molecule has 0 aromatic carbocycles. The minimum absolute atomic E-state index is 0. The summed E-state index contributed by atoms with van der Waals surface area (Å²) in [6, 6.07) is 17.4. The summed E-state index contributed by atoms with van der Waals surface area (Å²) in [5, 5.41) is 0. The zero-order valence-corrected chi connectivity index (χ0v) is 37.1. The Kier molecular flexibility index (Phi) is 31.1. The van der Waals surface area contributed by atoms with E-state index in [0.717, 1.165) is 0 Å². The first kappa shape index (κ1) is 48.1. The first-order valence-electron chi connectivity index (χ1n) is 20.4. The first-order valence-corrected chi connectivity index (χ1v) is 20.4. The lowest BCUT2D eigenvalue weighted by atomic mass is 10.0. The molecule has 0 fully saturated rings. The second kappa shape index (κ2) is 33.6. The summed E-state index contributed by atoms with van der Waals surface area (Å²) in [5.74, 6) is 0. The van der Waals surface area contributed by atoms with Crippen molar-refractivity contribution in [1.82, 2.24) is 9.97 Å². The number of rotatable bonds is 26. The zero-order chi connectivity index (χ0) is 35.2. The molecule has 0 amide bonds. The fourth-order valence-electron chi connectivity index (χ4n) is 6.63. The van der Waals surface area contributed by atoms with E-state index in [1.54, 1.807) is 0 Å². The van der Waals surface area contributed by atoms with Gasteiger partial charge < -0.3 is 48.0 Å². The Bertz CT molecular complexity index is 1210. The molecule has 4 aromatic heterocycles. The average molecular weight is 933 g/mol. The summed E-state index contributed by atoms with van der Waals surface area (Å²) in [4.78, 5) is 8.34. The van der Waals surface area contributed by atoms with Crippen LogP contribution in [0.4, 0.5) is 0 Å². The van der Waals surface area contributed by atoms with E-state index in [4.69, 9.17) is 0 Å². The summed E-state index contributed by atoms with van der Waals surface area (Å²) < 4.78 is 4.20. The molecule has 0 aliphatic heterocycles. The van der Waals surface area contributed by atoms with Crippen LogP contribution >= 0.6 is 0 Å². The van der Waals surface area contributed by atoms with E-state index in [1.165, 1.54) is 176 Å². The summed E-state index contributed by atoms with van der Waals surface area (Å²) in [6.07, 6.45) is 48.8. The molecule has 0 radical (unpaired) electrons. The second-order valence-corrected chi connectivity index (χ2v) is 14.5. The minimum Gasteiger partial charge on any atom is -1.00 e. The fourth-order valence-corrected chi connectivity index (χ4v) is 6.63. The van der Waals surface area contributed by atoms with Crippen LogP contribution < -0.4 is 57.1 Å². The molecule has 4 nitrogen and oxygen atoms in total. The molecule has 0 atom stereocenters. The van der Waals surface area contributed by atoms with Gasteiger partial charge in [-0.05, 0) is 85.8 Å². The maximum atomic E-state index is 4.17. The van der Waals surface area contributed by atoms with Crippen LogP contribution in [0.5, 0.6) is 0 Å². The third-order valence-electron chi connectivity index (χ3n) is 9.90. The van der Waals surface area contributed by atoms with Crippen molar-refractivity contribution in [2.24, 2.45) is 14.1 Å². The molecule has 0 saturated heterocycles. The van der Waals surface area contributed by atoms with Crippen LogP contribution in [-0.4, -0.2) is 9.97 Å². The van der Waals surface area contributed by atoms with Crippen LogP contribution in [0.3, 0.4) is 0 Å². The standard InChI is InChI=1S/C24H38N2.C22H32N2.2HI/c1-25-19-15-23(16-20-25)13-11-9-7-5-3-4-6-8-10-12-14-24-17-21-26(2)22-18-24;1(3-5-7-9-13-21-15-11-17-23-19-21)2-4-6-8-10-14-22-16-12-18-24-20-22;;/h15-22H,3-14H2,1-2H3;11-12,15-20H,1-10,13-14H2;2*1H/q+2;;;/p-2. The fraction of sp³-hybridized carbons (Fsp3) is 0.565. The molecule has 0 saturated carbocycles. The predicted molar refractivity (Wildman–Crippen MR) is 211 cm³/mol. The highest BCUT2D eigenvalue weighted by molar-refractivity contribution is 5.09. The van der Waals surface area contributed by atoms with E-state index in [1.807, 2.05) is 36.9 Å². The van der Waals surface area contributed by atoms with E-state index in [0.29, 0.717) is 0 Å². The lowest BCUT2D eigenvalue weighted by molar-refractivity contribution is -0.671. The quantitative estimate of drug-likeness (QED) is 0.0494. The van der Waals surface area contributed by atoms with Crippen molar-refractivity contribution in [2.45, 2.75) is 154 Å². The van der Waals surface area contributed by atoms with Gasteiger partial charge in [0, 0.05) is 49.1 Å². The SMILES string of the molecule is C[n+]1ccc(CCCCCCCCCCCCc2cc[n+](C)cc2)cc1.[I-].[I-].c1cncc(CCCCCCCCCCCCc2cccnc2)c1. The van der Waals surface area contributed by atoms with Crippen molar-refractivity contribution in [2.75, 3.05) is 0 Å². The third kappa shape index (κ3) is 25.9. The van der Waals surface area contributed by atoms with Gasteiger partial charge in [0.1, 0.15) is 14.1 Å². The van der Waals surface area contributed by atoms with Gasteiger partial charge >= 0.3 is 0 Å². The molecule has 6 heteroatoms. The van der Waals surface area contributed by atoms with E-state index in [2.05, 4.69) is 94.4 Å². The van der Waals surface area contributed by atoms with E-state index < -0.39 is 0 Å². The number of hydrogen-bond acceptors (Lipinski definition) is 2. The number of aryl methyl sites for hydroxylation is 6. The molecular weight excluding hydrogens is 862 g/mol. The molecular formula is C46H70I2N4. The number of nitrogens with zero attached hydrogens (tertiary/aromatic N) is 4. The van der Waals surface area contributed by atoms with Crippen LogP contribution in [0.1, 0.15) is 151 Å². The zero-order valence-electron chi connectivity index (χ0n) is 32.8. The van der Waals surface area contributed by atoms with Gasteiger partial charge in [0.2, 0.25) is 0 Å². The summed E-state index contributed by atoms with van der Waals surface area (Å²) >= 11 is 0.